The first-order chi connectivity index (χ1) is 26.6. The number of methoxy groups -OCH3 is 1. The zero-order valence-corrected chi connectivity index (χ0v) is 31.5. The third kappa shape index (κ3) is 11.4. The second kappa shape index (κ2) is 19.1. The van der Waals surface area contributed by atoms with Crippen LogP contribution in [-0.2, 0) is 28.5 Å². The molecule has 296 valence electrons. The fourth-order valence-electron chi connectivity index (χ4n) is 5.04. The Bertz CT molecular complexity index is 2010. The molecule has 1 unspecified atom stereocenters. The standard InChI is InChI=1S/C39H43N5O12/c1-7-24-16-29(35(47)42-26-12-10-25(11-13-26)34(46)44-39(51)56-22(5)55-21(4)45)28(17-31(24)52-6)27-14-15-30(36(48)41-18-23-8-9-23)43-33(27)38(50)54-19-53-37(49)32(40)20(2)3/h7,10-17,20,22-23,32H,1,8-9,18-19,40H2,2-6H3,(H,41,48)(H,42,47)(H,44,46,51)/t22?,32-/m0/s1. The summed E-state index contributed by atoms with van der Waals surface area (Å²) in [5.41, 5.74) is 6.29. The monoisotopic (exact) mass is 773 g/mol. The Morgan fingerprint density at radius 1 is 0.911 bits per heavy atom. The number of amides is 4. The van der Waals surface area contributed by atoms with Crippen molar-refractivity contribution < 1.29 is 57.2 Å². The number of ether oxygens (including phenoxy) is 5. The lowest BCUT2D eigenvalue weighted by molar-refractivity contribution is -0.162. The summed E-state index contributed by atoms with van der Waals surface area (Å²) in [5, 5.41) is 7.53. The van der Waals surface area contributed by atoms with Crippen LogP contribution in [0.15, 0.2) is 55.1 Å². The maximum Gasteiger partial charge on any atom is 0.417 e. The largest absolute Gasteiger partial charge is 0.496 e. The molecule has 1 saturated carbocycles. The van der Waals surface area contributed by atoms with Gasteiger partial charge in [-0.3, -0.25) is 29.3 Å². The average Bonchev–Trinajstić information content (AvgIpc) is 4.00. The van der Waals surface area contributed by atoms with E-state index in [9.17, 15) is 33.6 Å². The van der Waals surface area contributed by atoms with Gasteiger partial charge >= 0.3 is 24.0 Å². The maximum absolute atomic E-state index is 14.0. The normalized spacial score (nSPS) is 13.0. The van der Waals surface area contributed by atoms with Crippen LogP contribution in [0.25, 0.3) is 17.2 Å². The van der Waals surface area contributed by atoms with Gasteiger partial charge in [0.15, 0.2) is 5.69 Å². The molecule has 2 atom stereocenters. The molecule has 4 amide bonds. The van der Waals surface area contributed by atoms with Gasteiger partial charge < -0.3 is 40.1 Å². The van der Waals surface area contributed by atoms with Crippen LogP contribution in [-0.4, -0.2) is 79.5 Å². The summed E-state index contributed by atoms with van der Waals surface area (Å²) in [6, 6.07) is 10.3. The van der Waals surface area contributed by atoms with E-state index < -0.39 is 60.8 Å². The first-order valence-electron chi connectivity index (χ1n) is 17.5. The van der Waals surface area contributed by atoms with Crippen molar-refractivity contribution in [3.8, 4) is 16.9 Å². The van der Waals surface area contributed by atoms with Gasteiger partial charge in [0.05, 0.1) is 7.11 Å². The highest BCUT2D eigenvalue weighted by molar-refractivity contribution is 6.11. The van der Waals surface area contributed by atoms with Crippen molar-refractivity contribution in [3.63, 3.8) is 0 Å². The Morgan fingerprint density at radius 3 is 2.21 bits per heavy atom. The van der Waals surface area contributed by atoms with Gasteiger partial charge in [0.25, 0.3) is 17.7 Å². The summed E-state index contributed by atoms with van der Waals surface area (Å²) in [5.74, 6) is -4.17. The smallest absolute Gasteiger partial charge is 0.417 e. The summed E-state index contributed by atoms with van der Waals surface area (Å²) in [4.78, 5) is 92.9. The number of pyridine rings is 1. The number of alkyl carbamates (subject to hydrolysis) is 1. The first kappa shape index (κ1) is 42.1. The van der Waals surface area contributed by atoms with Crippen molar-refractivity contribution in [1.82, 2.24) is 15.6 Å². The number of anilines is 1. The second-order valence-electron chi connectivity index (χ2n) is 12.9. The predicted molar refractivity (Wildman–Crippen MR) is 200 cm³/mol. The Morgan fingerprint density at radius 2 is 1.61 bits per heavy atom. The van der Waals surface area contributed by atoms with Crippen molar-refractivity contribution in [1.29, 1.82) is 0 Å². The van der Waals surface area contributed by atoms with Crippen molar-refractivity contribution in [2.75, 3.05) is 25.8 Å². The van der Waals surface area contributed by atoms with Crippen molar-refractivity contribution in [2.24, 2.45) is 17.6 Å². The summed E-state index contributed by atoms with van der Waals surface area (Å²) in [6.07, 6.45) is 1.07. The van der Waals surface area contributed by atoms with E-state index in [1.165, 1.54) is 68.6 Å². The lowest BCUT2D eigenvalue weighted by Crippen LogP contribution is -2.37. The van der Waals surface area contributed by atoms with Crippen LogP contribution in [0.1, 0.15) is 87.8 Å². The van der Waals surface area contributed by atoms with E-state index in [4.69, 9.17) is 29.4 Å². The molecular formula is C39H43N5O12. The van der Waals surface area contributed by atoms with Crippen LogP contribution in [0.2, 0.25) is 0 Å². The minimum absolute atomic E-state index is 0.0169. The van der Waals surface area contributed by atoms with Crippen molar-refractivity contribution >= 4 is 53.5 Å². The third-order valence-corrected chi connectivity index (χ3v) is 8.30. The molecule has 1 aromatic heterocycles. The van der Waals surface area contributed by atoms with Crippen LogP contribution in [0.3, 0.4) is 0 Å². The fourth-order valence-corrected chi connectivity index (χ4v) is 5.04. The minimum Gasteiger partial charge on any atom is -0.496 e. The molecule has 56 heavy (non-hydrogen) atoms. The summed E-state index contributed by atoms with van der Waals surface area (Å²) in [6.45, 7) is 9.31. The summed E-state index contributed by atoms with van der Waals surface area (Å²) >= 11 is 0. The SMILES string of the molecule is C=Cc1cc(C(=O)Nc2ccc(C(=O)NC(=O)OC(C)OC(C)=O)cc2)c(-c2ccc(C(=O)NCC3CC3)nc2C(=O)OCOC(=O)[C@@H](N)C(C)C)cc1OC. The number of carbonyl (C=O) groups is 7. The van der Waals surface area contributed by atoms with Crippen LogP contribution >= 0.6 is 0 Å². The molecule has 1 fully saturated rings. The van der Waals surface area contributed by atoms with Gasteiger partial charge in [-0.2, -0.15) is 0 Å². The number of hydrogen-bond acceptors (Lipinski definition) is 14. The van der Waals surface area contributed by atoms with Crippen molar-refractivity contribution in [2.45, 2.75) is 52.9 Å². The Kier molecular flexibility index (Phi) is 14.4. The number of nitrogens with one attached hydrogen (secondary N) is 3. The van der Waals surface area contributed by atoms with Gasteiger partial charge in [-0.25, -0.2) is 14.6 Å². The molecule has 1 heterocycles. The molecule has 2 aromatic carbocycles. The van der Waals surface area contributed by atoms with Crippen LogP contribution in [0, 0.1) is 11.8 Å². The maximum atomic E-state index is 14.0. The van der Waals surface area contributed by atoms with E-state index in [2.05, 4.69) is 22.2 Å². The molecular weight excluding hydrogens is 730 g/mol. The number of rotatable bonds is 16. The molecule has 17 nitrogen and oxygen atoms in total. The molecule has 0 radical (unpaired) electrons. The Labute approximate surface area is 322 Å². The van der Waals surface area contributed by atoms with E-state index in [0.29, 0.717) is 18.0 Å². The number of benzene rings is 2. The molecule has 1 aliphatic carbocycles. The molecule has 4 rings (SSSR count). The van der Waals surface area contributed by atoms with Crippen molar-refractivity contribution in [3.05, 3.63) is 83.2 Å². The van der Waals surface area contributed by atoms with Gasteiger partial charge in [0.1, 0.15) is 17.5 Å². The van der Waals surface area contributed by atoms with E-state index in [-0.39, 0.29) is 51.0 Å². The Hall–Kier alpha value is -6.62. The minimum atomic E-state index is -1.23. The molecule has 1 aliphatic rings. The van der Waals surface area contributed by atoms with Gasteiger partial charge in [-0.05, 0) is 73.2 Å². The zero-order valence-electron chi connectivity index (χ0n) is 31.5. The highest BCUT2D eigenvalue weighted by Crippen LogP contribution is 2.35. The third-order valence-electron chi connectivity index (χ3n) is 8.30. The lowest BCUT2D eigenvalue weighted by atomic mass is 9.94. The number of esters is 3. The predicted octanol–water partition coefficient (Wildman–Crippen LogP) is 4.21. The summed E-state index contributed by atoms with van der Waals surface area (Å²) in [7, 11) is 1.40. The van der Waals surface area contributed by atoms with E-state index in [1.54, 1.807) is 13.8 Å². The van der Waals surface area contributed by atoms with Crippen LogP contribution < -0.4 is 26.4 Å². The molecule has 0 bridgehead atoms. The van der Waals surface area contributed by atoms with E-state index >= 15 is 0 Å². The van der Waals surface area contributed by atoms with Gasteiger partial charge in [0.2, 0.25) is 13.1 Å². The topological polar surface area (TPSA) is 241 Å². The molecule has 17 heteroatoms. The molecule has 3 aromatic rings. The highest BCUT2D eigenvalue weighted by Gasteiger charge is 2.27. The fraction of sp³-hybridized carbons (Fsp3) is 0.333. The molecule has 0 saturated heterocycles. The van der Waals surface area contributed by atoms with Crippen LogP contribution in [0.5, 0.6) is 5.75 Å². The number of aromatic nitrogens is 1. The zero-order chi connectivity index (χ0) is 41.1. The number of nitrogens with zero attached hydrogens (tertiary/aromatic N) is 1. The van der Waals surface area contributed by atoms with Gasteiger partial charge in [-0.1, -0.05) is 26.5 Å². The summed E-state index contributed by atoms with van der Waals surface area (Å²) < 4.78 is 25.4. The van der Waals surface area contributed by atoms with Gasteiger partial charge in [0, 0.05) is 53.9 Å². The lowest BCUT2D eigenvalue weighted by Gasteiger charge is -2.18. The molecule has 0 spiro atoms. The van der Waals surface area contributed by atoms with E-state index in [1.807, 2.05) is 5.32 Å². The molecule has 5 N–H and O–H groups in total. The number of imide groups is 1. The highest BCUT2D eigenvalue weighted by atomic mass is 16.7. The quantitative estimate of drug-likeness (QED) is 0.118. The molecule has 0 aliphatic heterocycles. The van der Waals surface area contributed by atoms with Gasteiger partial charge in [-0.15, -0.1) is 0 Å². The Balaban J connectivity index is 1.64. The number of hydrogen-bond donors (Lipinski definition) is 4. The number of nitrogens with two attached hydrogens (primary N) is 1. The first-order valence-corrected chi connectivity index (χ1v) is 17.5. The van der Waals surface area contributed by atoms with E-state index in [0.717, 1.165) is 19.8 Å². The average molecular weight is 774 g/mol. The van der Waals surface area contributed by atoms with Crippen LogP contribution in [0.4, 0.5) is 10.5 Å². The second-order valence-corrected chi connectivity index (χ2v) is 12.9. The number of carbonyl (C=O) groups excluding carboxylic acids is 7.